The van der Waals surface area contributed by atoms with Gasteiger partial charge < -0.3 is 10.1 Å². The first-order chi connectivity index (χ1) is 10.4. The van der Waals surface area contributed by atoms with Crippen LogP contribution in [0.25, 0.3) is 0 Å². The van der Waals surface area contributed by atoms with E-state index in [4.69, 9.17) is 4.74 Å². The average Bonchev–Trinajstić information content (AvgIpc) is 2.48. The topological polar surface area (TPSA) is 24.5 Å². The molecule has 1 aromatic rings. The maximum absolute atomic E-state index is 13.6. The van der Waals surface area contributed by atoms with E-state index < -0.39 is 24.5 Å². The van der Waals surface area contributed by atoms with E-state index >= 15 is 0 Å². The van der Waals surface area contributed by atoms with Crippen molar-refractivity contribution in [1.82, 2.24) is 10.2 Å². The number of rotatable bonds is 5. The van der Waals surface area contributed by atoms with E-state index in [9.17, 15) is 17.6 Å². The maximum Gasteiger partial charge on any atom is 0.389 e. The Morgan fingerprint density at radius 2 is 1.83 bits per heavy atom. The fourth-order valence-corrected chi connectivity index (χ4v) is 2.79. The van der Waals surface area contributed by atoms with Gasteiger partial charge in [0.15, 0.2) is 0 Å². The van der Waals surface area contributed by atoms with Gasteiger partial charge in [0.1, 0.15) is 11.6 Å². The standard InChI is InChI=1S/C15H20F4N2O.2ClH/c1-22-14-3-2-11(16)10-12(14)13(4-5-15(17,18)19)21-8-6-20-7-9-21;;/h2-3,10,13,20H,4-9H2,1H3;2*1H/t13-;;/m1../s1. The van der Waals surface area contributed by atoms with Gasteiger partial charge in [0.05, 0.1) is 7.11 Å². The Morgan fingerprint density at radius 3 is 2.38 bits per heavy atom. The monoisotopic (exact) mass is 392 g/mol. The van der Waals surface area contributed by atoms with Crippen molar-refractivity contribution in [3.63, 3.8) is 0 Å². The lowest BCUT2D eigenvalue weighted by Gasteiger charge is -2.36. The van der Waals surface area contributed by atoms with Crippen molar-refractivity contribution in [1.29, 1.82) is 0 Å². The maximum atomic E-state index is 13.6. The molecule has 3 nitrogen and oxygen atoms in total. The predicted octanol–water partition coefficient (Wildman–Crippen LogP) is 3.97. The summed E-state index contributed by atoms with van der Waals surface area (Å²) in [7, 11) is 1.44. The molecule has 1 atom stereocenters. The van der Waals surface area contributed by atoms with Gasteiger partial charge in [-0.1, -0.05) is 0 Å². The normalized spacial score (nSPS) is 16.7. The highest BCUT2D eigenvalue weighted by molar-refractivity contribution is 5.85. The highest BCUT2D eigenvalue weighted by atomic mass is 35.5. The van der Waals surface area contributed by atoms with E-state index in [2.05, 4.69) is 5.32 Å². The van der Waals surface area contributed by atoms with Crippen molar-refractivity contribution < 1.29 is 22.3 Å². The van der Waals surface area contributed by atoms with E-state index in [0.29, 0.717) is 37.5 Å². The molecule has 0 unspecified atom stereocenters. The molecule has 24 heavy (non-hydrogen) atoms. The van der Waals surface area contributed by atoms with Crippen LogP contribution in [0.15, 0.2) is 18.2 Å². The van der Waals surface area contributed by atoms with Gasteiger partial charge in [0.25, 0.3) is 0 Å². The van der Waals surface area contributed by atoms with Gasteiger partial charge in [-0.25, -0.2) is 4.39 Å². The molecule has 0 spiro atoms. The van der Waals surface area contributed by atoms with Crippen molar-refractivity contribution in [2.24, 2.45) is 0 Å². The Labute approximate surface area is 151 Å². The highest BCUT2D eigenvalue weighted by Crippen LogP contribution is 2.36. The Balaban J connectivity index is 0.00000264. The summed E-state index contributed by atoms with van der Waals surface area (Å²) in [6, 6.07) is 3.49. The zero-order chi connectivity index (χ0) is 16.2. The zero-order valence-corrected chi connectivity index (χ0v) is 14.9. The molecule has 1 N–H and O–H groups in total. The molecular weight excluding hydrogens is 371 g/mol. The molecule has 0 amide bonds. The lowest BCUT2D eigenvalue weighted by molar-refractivity contribution is -0.138. The summed E-state index contributed by atoms with van der Waals surface area (Å²) in [5, 5.41) is 3.16. The Bertz CT molecular complexity index is 497. The summed E-state index contributed by atoms with van der Waals surface area (Å²) in [6.07, 6.45) is -5.24. The third-order valence-corrected chi connectivity index (χ3v) is 3.84. The number of nitrogens with one attached hydrogen (secondary N) is 1. The molecule has 1 aromatic carbocycles. The minimum absolute atomic E-state index is 0. The molecule has 1 aliphatic rings. The van der Waals surface area contributed by atoms with Crippen molar-refractivity contribution in [3.05, 3.63) is 29.6 Å². The molecule has 0 saturated carbocycles. The van der Waals surface area contributed by atoms with Gasteiger partial charge in [-0.3, -0.25) is 4.90 Å². The van der Waals surface area contributed by atoms with Crippen LogP contribution in [0.3, 0.4) is 0 Å². The molecule has 0 bridgehead atoms. The van der Waals surface area contributed by atoms with Crippen molar-refractivity contribution >= 4 is 24.8 Å². The number of piperazine rings is 1. The lowest BCUT2D eigenvalue weighted by Crippen LogP contribution is -2.45. The predicted molar refractivity (Wildman–Crippen MR) is 89.9 cm³/mol. The lowest BCUT2D eigenvalue weighted by atomic mass is 9.98. The van der Waals surface area contributed by atoms with Crippen molar-refractivity contribution in [2.75, 3.05) is 33.3 Å². The molecule has 2 rings (SSSR count). The number of methoxy groups -OCH3 is 1. The number of nitrogens with zero attached hydrogens (tertiary/aromatic N) is 1. The number of hydrogen-bond donors (Lipinski definition) is 1. The van der Waals surface area contributed by atoms with Gasteiger partial charge in [-0.15, -0.1) is 24.8 Å². The molecule has 140 valence electrons. The first-order valence-corrected chi connectivity index (χ1v) is 7.25. The van der Waals surface area contributed by atoms with Gasteiger partial charge in [0.2, 0.25) is 0 Å². The summed E-state index contributed by atoms with van der Waals surface area (Å²) in [4.78, 5) is 1.96. The third-order valence-electron chi connectivity index (χ3n) is 3.84. The summed E-state index contributed by atoms with van der Waals surface area (Å²) >= 11 is 0. The van der Waals surface area contributed by atoms with Crippen LogP contribution in [0.1, 0.15) is 24.4 Å². The second-order valence-corrected chi connectivity index (χ2v) is 5.34. The molecule has 1 saturated heterocycles. The van der Waals surface area contributed by atoms with E-state index in [1.165, 1.54) is 25.3 Å². The first kappa shape index (κ1) is 23.2. The summed E-state index contributed by atoms with van der Waals surface area (Å²) in [6.45, 7) is 2.67. The molecule has 1 aliphatic heterocycles. The summed E-state index contributed by atoms with van der Waals surface area (Å²) < 4.78 is 56.7. The number of ether oxygens (including phenoxy) is 1. The molecule has 1 fully saturated rings. The van der Waals surface area contributed by atoms with Crippen LogP contribution in [0.4, 0.5) is 17.6 Å². The number of hydrogen-bond acceptors (Lipinski definition) is 3. The van der Waals surface area contributed by atoms with Gasteiger partial charge in [-0.05, 0) is 24.6 Å². The third kappa shape index (κ3) is 6.63. The molecule has 1 heterocycles. The van der Waals surface area contributed by atoms with Crippen molar-refractivity contribution in [3.8, 4) is 5.75 Å². The van der Waals surface area contributed by atoms with Crippen LogP contribution < -0.4 is 10.1 Å². The van der Waals surface area contributed by atoms with Crippen LogP contribution in [0.2, 0.25) is 0 Å². The summed E-state index contributed by atoms with van der Waals surface area (Å²) in [5.74, 6) is -0.0462. The quantitative estimate of drug-likeness (QED) is 0.767. The Kier molecular flexibility index (Phi) is 9.96. The smallest absolute Gasteiger partial charge is 0.389 e. The second-order valence-electron chi connectivity index (χ2n) is 5.34. The fourth-order valence-electron chi connectivity index (χ4n) is 2.79. The number of alkyl halides is 3. The van der Waals surface area contributed by atoms with Crippen molar-refractivity contribution in [2.45, 2.75) is 25.1 Å². The van der Waals surface area contributed by atoms with E-state index in [0.717, 1.165) is 0 Å². The highest BCUT2D eigenvalue weighted by Gasteiger charge is 2.32. The van der Waals surface area contributed by atoms with Crippen LogP contribution in [0.5, 0.6) is 5.75 Å². The molecule has 0 radical (unpaired) electrons. The molecule has 9 heteroatoms. The second kappa shape index (κ2) is 10.3. The fraction of sp³-hybridized carbons (Fsp3) is 0.600. The first-order valence-electron chi connectivity index (χ1n) is 7.25. The van der Waals surface area contributed by atoms with E-state index in [-0.39, 0.29) is 31.2 Å². The minimum Gasteiger partial charge on any atom is -0.496 e. The van der Waals surface area contributed by atoms with Crippen LogP contribution in [-0.4, -0.2) is 44.4 Å². The van der Waals surface area contributed by atoms with Crippen LogP contribution >= 0.6 is 24.8 Å². The number of benzene rings is 1. The average molecular weight is 393 g/mol. The Hall–Kier alpha value is -0.760. The molecular formula is C15H22Cl2F4N2O. The molecule has 0 aromatic heterocycles. The zero-order valence-electron chi connectivity index (χ0n) is 13.2. The summed E-state index contributed by atoms with van der Waals surface area (Å²) in [5.41, 5.74) is 0.480. The number of halogens is 6. The van der Waals surface area contributed by atoms with E-state index in [1.807, 2.05) is 4.90 Å². The van der Waals surface area contributed by atoms with Crippen LogP contribution in [0, 0.1) is 5.82 Å². The SMILES string of the molecule is COc1ccc(F)cc1[C@@H](CCC(F)(F)F)N1CCNCC1.Cl.Cl. The largest absolute Gasteiger partial charge is 0.496 e. The minimum atomic E-state index is -4.23. The van der Waals surface area contributed by atoms with Gasteiger partial charge in [0, 0.05) is 44.2 Å². The molecule has 0 aliphatic carbocycles. The van der Waals surface area contributed by atoms with Crippen LogP contribution in [-0.2, 0) is 0 Å². The van der Waals surface area contributed by atoms with Gasteiger partial charge >= 0.3 is 6.18 Å². The van der Waals surface area contributed by atoms with Gasteiger partial charge in [-0.2, -0.15) is 13.2 Å². The Morgan fingerprint density at radius 1 is 1.21 bits per heavy atom. The van der Waals surface area contributed by atoms with E-state index in [1.54, 1.807) is 0 Å².